The zero-order valence-corrected chi connectivity index (χ0v) is 10.6. The molecule has 1 aliphatic carbocycles. The van der Waals surface area contributed by atoms with Crippen LogP contribution in [0.5, 0.6) is 0 Å². The summed E-state index contributed by atoms with van der Waals surface area (Å²) in [5, 5.41) is 0. The van der Waals surface area contributed by atoms with E-state index in [1.54, 1.807) is 0 Å². The summed E-state index contributed by atoms with van der Waals surface area (Å²) in [6.07, 6.45) is -1.27. The zero-order valence-electron chi connectivity index (χ0n) is 9.11. The van der Waals surface area contributed by atoms with Gasteiger partial charge < -0.3 is 0 Å². The van der Waals surface area contributed by atoms with Gasteiger partial charge in [0.1, 0.15) is 0 Å². The molecule has 1 fully saturated rings. The Morgan fingerprint density at radius 3 is 2.62 bits per heavy atom. The van der Waals surface area contributed by atoms with Crippen LogP contribution >= 0.6 is 0 Å². The molecule has 0 unspecified atom stereocenters. The van der Waals surface area contributed by atoms with Crippen molar-refractivity contribution in [3.8, 4) is 0 Å². The van der Waals surface area contributed by atoms with E-state index in [2.05, 4.69) is 0 Å². The van der Waals surface area contributed by atoms with Crippen LogP contribution in [-0.2, 0) is 26.1 Å². The SMILES string of the molecule is [2H]C1([2H])CC([CH2][Hg])CC([2H])([2H])C1. The topological polar surface area (TPSA) is 0 Å². The first-order chi connectivity index (χ1) is 5.35. The molecule has 0 aliphatic heterocycles. The average molecular weight is 302 g/mol. The fourth-order valence-electron chi connectivity index (χ4n) is 0.917. The Labute approximate surface area is 73.6 Å². The Bertz CT molecular complexity index is 153. The van der Waals surface area contributed by atoms with Crippen LogP contribution in [0.3, 0.4) is 0 Å². The Hall–Kier alpha value is 0.935. The minimum atomic E-state index is -1.26. The van der Waals surface area contributed by atoms with Crippen molar-refractivity contribution in [2.24, 2.45) is 5.92 Å². The Morgan fingerprint density at radius 2 is 2.12 bits per heavy atom. The summed E-state index contributed by atoms with van der Waals surface area (Å²) in [6.45, 7) is 0. The fraction of sp³-hybridized carbons (Fsp3) is 1.00. The molecule has 0 heterocycles. The molecule has 0 spiro atoms. The van der Waals surface area contributed by atoms with Gasteiger partial charge in [0.05, 0.1) is 0 Å². The molecule has 0 aromatic heterocycles. The maximum atomic E-state index is 7.56. The molecule has 0 nitrogen and oxygen atoms in total. The van der Waals surface area contributed by atoms with Crippen molar-refractivity contribution in [1.82, 2.24) is 0 Å². The van der Waals surface area contributed by atoms with Crippen molar-refractivity contribution in [1.29, 1.82) is 0 Å². The van der Waals surface area contributed by atoms with Crippen LogP contribution in [0.15, 0.2) is 0 Å². The number of hydrogen-bond donors (Lipinski definition) is 0. The third-order valence-corrected chi connectivity index (χ3v) is 4.70. The zero-order chi connectivity index (χ0) is 9.41. The van der Waals surface area contributed by atoms with Crippen LogP contribution in [0, 0.1) is 5.92 Å². The van der Waals surface area contributed by atoms with E-state index in [-0.39, 0.29) is 6.42 Å². The number of hydrogen-bond acceptors (Lipinski definition) is 0. The van der Waals surface area contributed by atoms with Gasteiger partial charge in [-0.1, -0.05) is 0 Å². The summed E-state index contributed by atoms with van der Waals surface area (Å²) in [5.74, 6) is 0.312. The first-order valence-electron chi connectivity index (χ1n) is 5.14. The predicted molar refractivity (Wildman–Crippen MR) is 31.4 cm³/mol. The molecule has 43 valence electrons. The molecule has 0 N–H and O–H groups in total. The Morgan fingerprint density at radius 1 is 1.50 bits per heavy atom. The van der Waals surface area contributed by atoms with E-state index in [0.717, 1.165) is 3.93 Å². The molecule has 1 rings (SSSR count). The summed E-state index contributed by atoms with van der Waals surface area (Å²) >= 11 is 0.676. The van der Waals surface area contributed by atoms with Gasteiger partial charge in [-0.05, 0) is 0 Å². The van der Waals surface area contributed by atoms with Crippen LogP contribution in [0.2, 0.25) is 3.93 Å². The first-order valence-corrected chi connectivity index (χ1v) is 7.03. The molecule has 8 heavy (non-hydrogen) atoms. The second-order valence-corrected chi connectivity index (χ2v) is 4.48. The molecular formula is C7H13Hg. The molecule has 0 amide bonds. The normalized spacial score (nSPS) is 43.8. The van der Waals surface area contributed by atoms with Crippen molar-refractivity contribution in [2.45, 2.75) is 35.9 Å². The molecule has 0 radical (unpaired) electrons. The molecule has 0 aromatic rings. The summed E-state index contributed by atoms with van der Waals surface area (Å²) < 4.78 is 31.3. The van der Waals surface area contributed by atoms with Gasteiger partial charge in [0, 0.05) is 0 Å². The molecule has 1 heteroatoms. The minimum absolute atomic E-state index is 0.0876. The third kappa shape index (κ3) is 2.04. The van der Waals surface area contributed by atoms with E-state index >= 15 is 0 Å². The van der Waals surface area contributed by atoms with Crippen molar-refractivity contribution in [3.63, 3.8) is 0 Å². The molecular weight excluding hydrogens is 285 g/mol. The molecule has 0 saturated heterocycles. The second kappa shape index (κ2) is 3.87. The van der Waals surface area contributed by atoms with Gasteiger partial charge in [-0.3, -0.25) is 0 Å². The summed E-state index contributed by atoms with van der Waals surface area (Å²) in [4.78, 5) is 0. The number of rotatable bonds is 1. The van der Waals surface area contributed by atoms with Gasteiger partial charge >= 0.3 is 73.5 Å². The first kappa shape index (κ1) is 3.36. The van der Waals surface area contributed by atoms with E-state index in [1.165, 1.54) is 0 Å². The monoisotopic (exact) mass is 303 g/mol. The third-order valence-electron chi connectivity index (χ3n) is 1.52. The van der Waals surface area contributed by atoms with Gasteiger partial charge in [0.2, 0.25) is 0 Å². The second-order valence-electron chi connectivity index (χ2n) is 2.24. The van der Waals surface area contributed by atoms with E-state index in [1.807, 2.05) is 0 Å². The van der Waals surface area contributed by atoms with Gasteiger partial charge in [-0.25, -0.2) is 0 Å². The van der Waals surface area contributed by atoms with Crippen LogP contribution in [0.4, 0.5) is 0 Å². The average Bonchev–Trinajstić information content (AvgIpc) is 1.80. The summed E-state index contributed by atoms with van der Waals surface area (Å²) in [6, 6.07) is 0. The Kier molecular flexibility index (Phi) is 1.63. The van der Waals surface area contributed by atoms with Crippen LogP contribution in [0.25, 0.3) is 0 Å². The van der Waals surface area contributed by atoms with Gasteiger partial charge in [-0.15, -0.1) is 0 Å². The van der Waals surface area contributed by atoms with Crippen molar-refractivity contribution >= 4 is 0 Å². The quantitative estimate of drug-likeness (QED) is 0.653. The van der Waals surface area contributed by atoms with Crippen LogP contribution in [0.1, 0.15) is 37.5 Å². The maximum absolute atomic E-state index is 7.56. The van der Waals surface area contributed by atoms with Crippen molar-refractivity contribution < 1.29 is 31.6 Å². The van der Waals surface area contributed by atoms with Gasteiger partial charge in [0.25, 0.3) is 0 Å². The molecule has 1 aliphatic rings. The fourth-order valence-corrected chi connectivity index (χ4v) is 2.50. The van der Waals surface area contributed by atoms with Gasteiger partial charge in [0.15, 0.2) is 0 Å². The Balaban J connectivity index is 2.66. The van der Waals surface area contributed by atoms with E-state index < -0.39 is 12.7 Å². The molecule has 1 saturated carbocycles. The summed E-state index contributed by atoms with van der Waals surface area (Å²) in [5.41, 5.74) is 0. The van der Waals surface area contributed by atoms with Crippen LogP contribution in [-0.4, -0.2) is 0 Å². The predicted octanol–water partition coefficient (Wildman–Crippen LogP) is 2.53. The van der Waals surface area contributed by atoms with E-state index in [9.17, 15) is 0 Å². The van der Waals surface area contributed by atoms with Crippen LogP contribution < -0.4 is 0 Å². The molecule has 0 aromatic carbocycles. The molecule has 0 bridgehead atoms. The van der Waals surface area contributed by atoms with Crippen molar-refractivity contribution in [3.05, 3.63) is 0 Å². The van der Waals surface area contributed by atoms with E-state index in [4.69, 9.17) is 5.48 Å². The van der Waals surface area contributed by atoms with Gasteiger partial charge in [-0.2, -0.15) is 0 Å². The summed E-state index contributed by atoms with van der Waals surface area (Å²) in [7, 11) is 0. The standard InChI is InChI=1S/C7H13.Hg/c1-7-5-3-2-4-6-7;/h7H,1-6H2;/i3D2,4D2;. The molecule has 0 atom stereocenters. The van der Waals surface area contributed by atoms with E-state index in [0.29, 0.717) is 44.9 Å². The van der Waals surface area contributed by atoms with Crippen molar-refractivity contribution in [2.75, 3.05) is 0 Å².